The van der Waals surface area contributed by atoms with E-state index in [-0.39, 0.29) is 16.1 Å². The molecule has 21 heavy (non-hydrogen) atoms. The maximum absolute atomic E-state index is 13.8. The van der Waals surface area contributed by atoms with Crippen molar-refractivity contribution in [1.82, 2.24) is 0 Å². The van der Waals surface area contributed by atoms with Gasteiger partial charge in [0, 0.05) is 10.6 Å². The van der Waals surface area contributed by atoms with Crippen LogP contribution in [-0.4, -0.2) is 33.6 Å². The number of nitrogens with one attached hydrogen (secondary N) is 1. The molecule has 1 N–H and O–H groups in total. The Morgan fingerprint density at radius 3 is 2.71 bits per heavy atom. The molecule has 0 bridgehead atoms. The van der Waals surface area contributed by atoms with Gasteiger partial charge in [-0.1, -0.05) is 11.8 Å². The van der Waals surface area contributed by atoms with E-state index in [1.807, 2.05) is 0 Å². The molecule has 1 heterocycles. The van der Waals surface area contributed by atoms with Gasteiger partial charge in [0.15, 0.2) is 5.17 Å². The third-order valence-corrected chi connectivity index (χ3v) is 5.04. The molecule has 2 rings (SSSR count). The smallest absolute Gasteiger partial charge is 0.333 e. The maximum Gasteiger partial charge on any atom is 0.400 e. The molecule has 1 aromatic carbocycles. The van der Waals surface area contributed by atoms with Crippen molar-refractivity contribution in [3.05, 3.63) is 23.5 Å². The van der Waals surface area contributed by atoms with E-state index in [1.54, 1.807) is 0 Å². The molecule has 0 amide bonds. The van der Waals surface area contributed by atoms with Crippen molar-refractivity contribution in [2.45, 2.75) is 18.0 Å². The van der Waals surface area contributed by atoms with Crippen LogP contribution in [0.5, 0.6) is 0 Å². The summed E-state index contributed by atoms with van der Waals surface area (Å²) in [6.07, 6.45) is -4.54. The Bertz CT molecular complexity index is 602. The zero-order valence-corrected chi connectivity index (χ0v) is 12.6. The number of nitrogens with zero attached hydrogens (tertiary/aromatic N) is 1. The lowest BCUT2D eigenvalue weighted by Gasteiger charge is -2.12. The molecule has 0 saturated heterocycles. The molecule has 3 nitrogen and oxygen atoms in total. The van der Waals surface area contributed by atoms with Crippen LogP contribution in [0.4, 0.5) is 23.2 Å². The lowest BCUT2D eigenvalue weighted by molar-refractivity contribution is -0.105. The van der Waals surface area contributed by atoms with Crippen molar-refractivity contribution in [3.63, 3.8) is 0 Å². The molecule has 0 saturated carbocycles. The van der Waals surface area contributed by atoms with Crippen LogP contribution >= 0.6 is 11.8 Å². The van der Waals surface area contributed by atoms with Crippen molar-refractivity contribution in [2.24, 2.45) is 4.99 Å². The van der Waals surface area contributed by atoms with Gasteiger partial charge in [-0.15, -0.1) is 0 Å². The van der Waals surface area contributed by atoms with Crippen LogP contribution in [0.25, 0.3) is 0 Å². The Morgan fingerprint density at radius 2 is 2.14 bits per heavy atom. The third-order valence-electron chi connectivity index (χ3n) is 2.63. The molecule has 0 aliphatic carbocycles. The SMILES string of the molecule is Cc1cc(F)c(NC2=NCCS2)cc1S(=O)CC(F)(F)F. The normalized spacial score (nSPS) is 16.7. The van der Waals surface area contributed by atoms with Gasteiger partial charge in [0.2, 0.25) is 0 Å². The minimum Gasteiger partial charge on any atom is -0.333 e. The fourth-order valence-electron chi connectivity index (χ4n) is 1.75. The highest BCUT2D eigenvalue weighted by atomic mass is 32.2. The minimum atomic E-state index is -4.54. The summed E-state index contributed by atoms with van der Waals surface area (Å²) >= 11 is 1.39. The number of halogens is 4. The molecule has 1 aromatic rings. The summed E-state index contributed by atoms with van der Waals surface area (Å²) in [6.45, 7) is 2.03. The van der Waals surface area contributed by atoms with Crippen LogP contribution in [0.2, 0.25) is 0 Å². The molecule has 1 aliphatic heterocycles. The average molecular weight is 340 g/mol. The summed E-state index contributed by atoms with van der Waals surface area (Å²) < 4.78 is 62.6. The molecule has 0 fully saturated rings. The fraction of sp³-hybridized carbons (Fsp3) is 0.417. The second-order valence-electron chi connectivity index (χ2n) is 4.36. The van der Waals surface area contributed by atoms with Crippen LogP contribution in [0.1, 0.15) is 5.56 Å². The molecular weight excluding hydrogens is 328 g/mol. The van der Waals surface area contributed by atoms with Crippen LogP contribution in [0, 0.1) is 12.7 Å². The summed E-state index contributed by atoms with van der Waals surface area (Å²) in [6, 6.07) is 2.24. The Labute approximate surface area is 125 Å². The summed E-state index contributed by atoms with van der Waals surface area (Å²) in [4.78, 5) is 4.05. The molecule has 0 spiro atoms. The average Bonchev–Trinajstić information content (AvgIpc) is 2.83. The zero-order chi connectivity index (χ0) is 15.6. The number of thioether (sulfide) groups is 1. The van der Waals surface area contributed by atoms with E-state index in [0.717, 1.165) is 17.9 Å². The van der Waals surface area contributed by atoms with E-state index in [9.17, 15) is 21.8 Å². The lowest BCUT2D eigenvalue weighted by atomic mass is 10.2. The van der Waals surface area contributed by atoms with Gasteiger partial charge in [-0.25, -0.2) is 4.39 Å². The van der Waals surface area contributed by atoms with E-state index in [1.165, 1.54) is 18.7 Å². The van der Waals surface area contributed by atoms with Gasteiger partial charge in [0.05, 0.1) is 23.0 Å². The summed E-state index contributed by atoms with van der Waals surface area (Å²) in [5.41, 5.74) is 0.209. The quantitative estimate of drug-likeness (QED) is 0.859. The van der Waals surface area contributed by atoms with Gasteiger partial charge in [0.25, 0.3) is 0 Å². The van der Waals surface area contributed by atoms with Crippen molar-refractivity contribution >= 4 is 33.4 Å². The van der Waals surface area contributed by atoms with Crippen LogP contribution < -0.4 is 5.32 Å². The molecule has 1 unspecified atom stereocenters. The largest absolute Gasteiger partial charge is 0.400 e. The first-order chi connectivity index (χ1) is 9.76. The van der Waals surface area contributed by atoms with Gasteiger partial charge >= 0.3 is 6.18 Å². The second-order valence-corrected chi connectivity index (χ2v) is 6.87. The predicted octanol–water partition coefficient (Wildman–Crippen LogP) is 3.32. The summed E-state index contributed by atoms with van der Waals surface area (Å²) in [7, 11) is -2.26. The number of hydrogen-bond acceptors (Lipinski definition) is 4. The van der Waals surface area contributed by atoms with Crippen LogP contribution in [0.3, 0.4) is 0 Å². The Balaban J connectivity index is 2.27. The Kier molecular flexibility index (Phi) is 4.92. The highest BCUT2D eigenvalue weighted by molar-refractivity contribution is 8.14. The molecule has 9 heteroatoms. The number of anilines is 1. The number of aliphatic imine (C=N–C) groups is 1. The van der Waals surface area contributed by atoms with Crippen molar-refractivity contribution in [2.75, 3.05) is 23.4 Å². The first-order valence-corrected chi connectivity index (χ1v) is 8.26. The van der Waals surface area contributed by atoms with Crippen LogP contribution in [0.15, 0.2) is 22.0 Å². The standard InChI is InChI=1S/C12H12F4N2OS2/c1-7-4-8(13)9(18-11-17-2-3-20-11)5-10(7)21(19)6-12(14,15)16/h4-5H,2-3,6H2,1H3,(H,17,18). The molecule has 0 radical (unpaired) electrons. The summed E-state index contributed by atoms with van der Waals surface area (Å²) in [5, 5.41) is 3.22. The van der Waals surface area contributed by atoms with E-state index in [0.29, 0.717) is 11.7 Å². The van der Waals surface area contributed by atoms with E-state index in [2.05, 4.69) is 10.3 Å². The summed E-state index contributed by atoms with van der Waals surface area (Å²) in [5.74, 6) is -1.30. The van der Waals surface area contributed by atoms with Gasteiger partial charge in [-0.05, 0) is 24.6 Å². The lowest BCUT2D eigenvalue weighted by Crippen LogP contribution is -2.19. The number of alkyl halides is 3. The topological polar surface area (TPSA) is 41.5 Å². The maximum atomic E-state index is 13.8. The molecule has 1 aliphatic rings. The number of amidine groups is 1. The van der Waals surface area contributed by atoms with Crippen molar-refractivity contribution in [3.8, 4) is 0 Å². The van der Waals surface area contributed by atoms with Gasteiger partial charge in [0.1, 0.15) is 11.6 Å². The zero-order valence-electron chi connectivity index (χ0n) is 11.0. The Hall–Kier alpha value is -1.09. The number of hydrogen-bond donors (Lipinski definition) is 1. The molecule has 0 aromatic heterocycles. The molecule has 1 atom stereocenters. The first kappa shape index (κ1) is 16.3. The van der Waals surface area contributed by atoms with E-state index >= 15 is 0 Å². The monoisotopic (exact) mass is 340 g/mol. The number of rotatable bonds is 3. The first-order valence-electron chi connectivity index (χ1n) is 5.96. The molecule has 116 valence electrons. The highest BCUT2D eigenvalue weighted by Gasteiger charge is 2.31. The van der Waals surface area contributed by atoms with Gasteiger partial charge in [-0.2, -0.15) is 13.2 Å². The molecular formula is C12H12F4N2OS2. The van der Waals surface area contributed by atoms with Gasteiger partial charge in [-0.3, -0.25) is 9.20 Å². The van der Waals surface area contributed by atoms with E-state index in [4.69, 9.17) is 0 Å². The fourth-order valence-corrected chi connectivity index (χ4v) is 3.61. The highest BCUT2D eigenvalue weighted by Crippen LogP contribution is 2.27. The van der Waals surface area contributed by atoms with Crippen LogP contribution in [-0.2, 0) is 10.8 Å². The van der Waals surface area contributed by atoms with Crippen molar-refractivity contribution in [1.29, 1.82) is 0 Å². The Morgan fingerprint density at radius 1 is 1.43 bits per heavy atom. The number of benzene rings is 1. The van der Waals surface area contributed by atoms with Crippen molar-refractivity contribution < 1.29 is 21.8 Å². The minimum absolute atomic E-state index is 0.0146. The third kappa shape index (κ3) is 4.44. The number of aryl methyl sites for hydroxylation is 1. The predicted molar refractivity (Wildman–Crippen MR) is 76.9 cm³/mol. The van der Waals surface area contributed by atoms with Gasteiger partial charge < -0.3 is 5.32 Å². The second kappa shape index (κ2) is 6.35. The van der Waals surface area contributed by atoms with E-state index < -0.39 is 28.5 Å².